The summed E-state index contributed by atoms with van der Waals surface area (Å²) in [7, 11) is 0. The van der Waals surface area contributed by atoms with E-state index in [9.17, 15) is 0 Å². The lowest BCUT2D eigenvalue weighted by Crippen LogP contribution is -1.74. The molecule has 13 heavy (non-hydrogen) atoms. The molecule has 1 aliphatic rings. The van der Waals surface area contributed by atoms with Gasteiger partial charge in [-0.05, 0) is 12.8 Å². The first kappa shape index (κ1) is 10.5. The molecule has 2 heteroatoms. The summed E-state index contributed by atoms with van der Waals surface area (Å²) in [5.74, 6) is 11.5. The fraction of sp³-hybridized carbons (Fsp3) is 0.455. The third kappa shape index (κ3) is 4.28. The summed E-state index contributed by atoms with van der Waals surface area (Å²) < 4.78 is 0. The predicted octanol–water partition coefficient (Wildman–Crippen LogP) is 3.65. The van der Waals surface area contributed by atoms with E-state index >= 15 is 0 Å². The van der Waals surface area contributed by atoms with Gasteiger partial charge in [0.15, 0.2) is 0 Å². The normalized spacial score (nSPS) is 23.2. The van der Waals surface area contributed by atoms with Gasteiger partial charge in [-0.2, -0.15) is 0 Å². The molecule has 0 atom stereocenters. The second-order valence-electron chi connectivity index (χ2n) is 2.79. The SMILES string of the molecule is Cl/C1=C(\Cl)C#CCCCCCC#C1. The molecule has 0 saturated carbocycles. The minimum Gasteiger partial charge on any atom is -0.0969 e. The molecule has 0 unspecified atom stereocenters. The Morgan fingerprint density at radius 1 is 0.769 bits per heavy atom. The van der Waals surface area contributed by atoms with Gasteiger partial charge in [-0.1, -0.05) is 53.3 Å². The summed E-state index contributed by atoms with van der Waals surface area (Å²) >= 11 is 11.6. The second-order valence-corrected chi connectivity index (χ2v) is 3.55. The molecule has 1 aliphatic carbocycles. The van der Waals surface area contributed by atoms with E-state index in [1.54, 1.807) is 0 Å². The quantitative estimate of drug-likeness (QED) is 0.539. The highest BCUT2D eigenvalue weighted by Crippen LogP contribution is 2.13. The van der Waals surface area contributed by atoms with Crippen LogP contribution < -0.4 is 0 Å². The maximum atomic E-state index is 5.79. The highest BCUT2D eigenvalue weighted by molar-refractivity contribution is 6.42. The third-order valence-electron chi connectivity index (χ3n) is 1.69. The predicted molar refractivity (Wildman–Crippen MR) is 57.4 cm³/mol. The van der Waals surface area contributed by atoms with Gasteiger partial charge in [0.05, 0.1) is 0 Å². The first-order valence-electron chi connectivity index (χ1n) is 4.34. The van der Waals surface area contributed by atoms with E-state index in [4.69, 9.17) is 23.2 Å². The lowest BCUT2D eigenvalue weighted by molar-refractivity contribution is 0.709. The number of hydrogen-bond acceptors (Lipinski definition) is 0. The molecule has 1 rings (SSSR count). The Morgan fingerprint density at radius 2 is 1.23 bits per heavy atom. The van der Waals surface area contributed by atoms with Crippen LogP contribution in [-0.4, -0.2) is 0 Å². The van der Waals surface area contributed by atoms with Crippen LogP contribution in [0.25, 0.3) is 0 Å². The van der Waals surface area contributed by atoms with Crippen LogP contribution in [0.1, 0.15) is 32.1 Å². The molecule has 0 N–H and O–H groups in total. The topological polar surface area (TPSA) is 0 Å². The van der Waals surface area contributed by atoms with Crippen LogP contribution in [0.3, 0.4) is 0 Å². The van der Waals surface area contributed by atoms with Crippen molar-refractivity contribution in [3.05, 3.63) is 10.1 Å². The fourth-order valence-corrected chi connectivity index (χ4v) is 1.22. The van der Waals surface area contributed by atoms with E-state index in [1.165, 1.54) is 6.42 Å². The number of rotatable bonds is 0. The Morgan fingerprint density at radius 3 is 1.69 bits per heavy atom. The number of allylic oxidation sites excluding steroid dienone is 2. The summed E-state index contributed by atoms with van der Waals surface area (Å²) in [4.78, 5) is 0. The molecular weight excluding hydrogens is 203 g/mol. The van der Waals surface area contributed by atoms with Gasteiger partial charge in [0, 0.05) is 12.8 Å². The van der Waals surface area contributed by atoms with E-state index in [0.717, 1.165) is 25.7 Å². The summed E-state index contributed by atoms with van der Waals surface area (Å²) in [6, 6.07) is 0. The zero-order valence-corrected chi connectivity index (χ0v) is 8.80. The first-order valence-corrected chi connectivity index (χ1v) is 5.09. The Balaban J connectivity index is 2.79. The summed E-state index contributed by atoms with van der Waals surface area (Å²) in [6.45, 7) is 0. The van der Waals surface area contributed by atoms with E-state index in [0.29, 0.717) is 10.1 Å². The lowest BCUT2D eigenvalue weighted by Gasteiger charge is -1.90. The minimum atomic E-state index is 0.371. The molecule has 0 aromatic heterocycles. The van der Waals surface area contributed by atoms with Crippen molar-refractivity contribution in [2.24, 2.45) is 0 Å². The number of hydrogen-bond donors (Lipinski definition) is 0. The van der Waals surface area contributed by atoms with E-state index in [1.807, 2.05) is 0 Å². The third-order valence-corrected chi connectivity index (χ3v) is 2.36. The average Bonchev–Trinajstić information content (AvgIpc) is 2.16. The smallest absolute Gasteiger partial charge is 0.0969 e. The Bertz CT molecular complexity index is 285. The maximum absolute atomic E-state index is 5.79. The van der Waals surface area contributed by atoms with Crippen LogP contribution in [0, 0.1) is 23.7 Å². The largest absolute Gasteiger partial charge is 0.117 e. The Kier molecular flexibility index (Phi) is 4.84. The van der Waals surface area contributed by atoms with Crippen LogP contribution in [0.4, 0.5) is 0 Å². The van der Waals surface area contributed by atoms with E-state index < -0.39 is 0 Å². The van der Waals surface area contributed by atoms with Gasteiger partial charge in [0.25, 0.3) is 0 Å². The molecule has 0 heterocycles. The van der Waals surface area contributed by atoms with Crippen LogP contribution in [0.2, 0.25) is 0 Å². The van der Waals surface area contributed by atoms with Gasteiger partial charge in [0.2, 0.25) is 0 Å². The van der Waals surface area contributed by atoms with Crippen molar-refractivity contribution in [3.63, 3.8) is 0 Å². The van der Waals surface area contributed by atoms with Crippen LogP contribution >= 0.6 is 23.2 Å². The molecule has 0 amide bonds. The minimum absolute atomic E-state index is 0.371. The van der Waals surface area contributed by atoms with Crippen molar-refractivity contribution in [2.75, 3.05) is 0 Å². The van der Waals surface area contributed by atoms with Gasteiger partial charge in [0.1, 0.15) is 10.1 Å². The summed E-state index contributed by atoms with van der Waals surface area (Å²) in [6.07, 6.45) is 5.20. The van der Waals surface area contributed by atoms with Gasteiger partial charge in [-0.3, -0.25) is 0 Å². The number of halogens is 2. The molecule has 0 bridgehead atoms. The fourth-order valence-electron chi connectivity index (χ4n) is 0.994. The van der Waals surface area contributed by atoms with Gasteiger partial charge in [-0.25, -0.2) is 0 Å². The van der Waals surface area contributed by atoms with Crippen LogP contribution in [0.5, 0.6) is 0 Å². The van der Waals surface area contributed by atoms with E-state index in [-0.39, 0.29) is 0 Å². The van der Waals surface area contributed by atoms with Gasteiger partial charge >= 0.3 is 0 Å². The summed E-state index contributed by atoms with van der Waals surface area (Å²) in [5.41, 5.74) is 0. The molecule has 0 radical (unpaired) electrons. The molecule has 0 aromatic rings. The zero-order chi connectivity index (χ0) is 9.52. The van der Waals surface area contributed by atoms with Crippen molar-refractivity contribution >= 4 is 23.2 Å². The monoisotopic (exact) mass is 212 g/mol. The molecule has 68 valence electrons. The van der Waals surface area contributed by atoms with Crippen molar-refractivity contribution < 1.29 is 0 Å². The summed E-state index contributed by atoms with van der Waals surface area (Å²) in [5, 5.41) is 0.743. The Hall–Kier alpha value is -0.560. The van der Waals surface area contributed by atoms with Gasteiger partial charge in [-0.15, -0.1) is 0 Å². The lowest BCUT2D eigenvalue weighted by atomic mass is 10.1. The standard InChI is InChI=1S/C11H10Cl2/c12-10-8-6-4-2-1-3-5-7-9-11(10)13/h1-5H2/b11-10-. The van der Waals surface area contributed by atoms with Crippen LogP contribution in [-0.2, 0) is 0 Å². The molecule has 0 spiro atoms. The molecular formula is C11H10Cl2. The molecule has 0 saturated heterocycles. The molecule has 0 fully saturated rings. The van der Waals surface area contributed by atoms with Gasteiger partial charge < -0.3 is 0 Å². The maximum Gasteiger partial charge on any atom is 0.117 e. The average molecular weight is 213 g/mol. The van der Waals surface area contributed by atoms with Crippen molar-refractivity contribution in [2.45, 2.75) is 32.1 Å². The van der Waals surface area contributed by atoms with Crippen molar-refractivity contribution in [3.8, 4) is 23.7 Å². The molecule has 0 aromatic carbocycles. The van der Waals surface area contributed by atoms with Crippen molar-refractivity contribution in [1.82, 2.24) is 0 Å². The second kappa shape index (κ2) is 5.98. The highest BCUT2D eigenvalue weighted by atomic mass is 35.5. The molecule has 0 aliphatic heterocycles. The van der Waals surface area contributed by atoms with Crippen LogP contribution in [0.15, 0.2) is 10.1 Å². The van der Waals surface area contributed by atoms with E-state index in [2.05, 4.69) is 23.7 Å². The zero-order valence-electron chi connectivity index (χ0n) is 7.29. The van der Waals surface area contributed by atoms with Crippen molar-refractivity contribution in [1.29, 1.82) is 0 Å². The highest BCUT2D eigenvalue weighted by Gasteiger charge is 1.95. The first-order chi connectivity index (χ1) is 6.30. The molecule has 0 nitrogen and oxygen atoms in total. The Labute approximate surface area is 89.3 Å².